The Bertz CT molecular complexity index is 1300. The van der Waals surface area contributed by atoms with Crippen LogP contribution in [0.25, 0.3) is 39.0 Å². The van der Waals surface area contributed by atoms with Gasteiger partial charge in [0.2, 0.25) is 0 Å². The normalized spacial score (nSPS) is 16.0. The van der Waals surface area contributed by atoms with E-state index in [1.165, 1.54) is 29.5 Å². The van der Waals surface area contributed by atoms with Crippen LogP contribution in [-0.4, -0.2) is 21.7 Å². The van der Waals surface area contributed by atoms with Gasteiger partial charge in [0, 0.05) is 34.9 Å². The number of aryl methyl sites for hydroxylation is 2. The van der Waals surface area contributed by atoms with E-state index >= 15 is 0 Å². The molecule has 6 rings (SSSR count). The molecule has 1 aliphatic carbocycles. The lowest BCUT2D eigenvalue weighted by Crippen LogP contribution is -2.22. The maximum atomic E-state index is 5.47. The third-order valence-electron chi connectivity index (χ3n) is 6.40. The quantitative estimate of drug-likeness (QED) is 0.480. The second-order valence-corrected chi connectivity index (χ2v) is 8.50. The Kier molecular flexibility index (Phi) is 3.69. The molecule has 0 atom stereocenters. The number of rotatable bonds is 3. The summed E-state index contributed by atoms with van der Waals surface area (Å²) in [7, 11) is 0. The Labute approximate surface area is 175 Å². The van der Waals surface area contributed by atoms with E-state index in [1.807, 2.05) is 13.8 Å². The van der Waals surface area contributed by atoms with Crippen molar-refractivity contribution in [2.75, 3.05) is 6.54 Å². The number of imidazole rings is 1. The first-order chi connectivity index (χ1) is 14.6. The molecule has 30 heavy (non-hydrogen) atoms. The molecular formula is C25H24N4O. The second kappa shape index (κ2) is 6.33. The average molecular weight is 396 g/mol. The molecule has 1 aliphatic heterocycles. The monoisotopic (exact) mass is 396 g/mol. The maximum absolute atomic E-state index is 5.47. The van der Waals surface area contributed by atoms with Gasteiger partial charge in [-0.2, -0.15) is 0 Å². The van der Waals surface area contributed by atoms with Crippen LogP contribution < -0.4 is 5.32 Å². The molecule has 0 spiro atoms. The lowest BCUT2D eigenvalue weighted by molar-refractivity contribution is 0.393. The number of nitrogens with one attached hydrogen (secondary N) is 2. The van der Waals surface area contributed by atoms with Crippen LogP contribution in [0.2, 0.25) is 0 Å². The summed E-state index contributed by atoms with van der Waals surface area (Å²) in [5.74, 6) is 2.52. The number of aromatic amines is 1. The van der Waals surface area contributed by atoms with E-state index in [1.54, 1.807) is 0 Å². The van der Waals surface area contributed by atoms with E-state index in [4.69, 9.17) is 9.51 Å². The number of nitrogens with zero attached hydrogens (tertiary/aromatic N) is 2. The molecule has 0 bridgehead atoms. The summed E-state index contributed by atoms with van der Waals surface area (Å²) in [6.45, 7) is 9.09. The van der Waals surface area contributed by atoms with Crippen LogP contribution in [0.4, 0.5) is 0 Å². The first kappa shape index (κ1) is 17.5. The summed E-state index contributed by atoms with van der Waals surface area (Å²) in [5.41, 5.74) is 11.2. The zero-order valence-electron chi connectivity index (χ0n) is 17.3. The van der Waals surface area contributed by atoms with Gasteiger partial charge in [-0.15, -0.1) is 0 Å². The summed E-state index contributed by atoms with van der Waals surface area (Å²) in [6.07, 6.45) is 3.41. The van der Waals surface area contributed by atoms with Crippen LogP contribution in [-0.2, 0) is 6.42 Å². The Balaban J connectivity index is 1.65. The van der Waals surface area contributed by atoms with Crippen LogP contribution in [0.3, 0.4) is 0 Å². The highest BCUT2D eigenvalue weighted by Gasteiger charge is 2.28. The molecule has 1 fully saturated rings. The summed E-state index contributed by atoms with van der Waals surface area (Å²) >= 11 is 0. The summed E-state index contributed by atoms with van der Waals surface area (Å²) < 4.78 is 5.47. The number of benzene rings is 2. The lowest BCUT2D eigenvalue weighted by Gasteiger charge is -2.23. The van der Waals surface area contributed by atoms with Crippen LogP contribution in [0.15, 0.2) is 41.4 Å². The summed E-state index contributed by atoms with van der Waals surface area (Å²) in [5, 5.41) is 7.57. The molecule has 2 aromatic carbocycles. The van der Waals surface area contributed by atoms with Gasteiger partial charge in [0.05, 0.1) is 16.7 Å². The summed E-state index contributed by atoms with van der Waals surface area (Å²) in [6, 6.07) is 10.9. The third kappa shape index (κ3) is 2.61. The van der Waals surface area contributed by atoms with Gasteiger partial charge in [0.1, 0.15) is 11.6 Å². The predicted molar refractivity (Wildman–Crippen MR) is 119 cm³/mol. The average Bonchev–Trinajstić information content (AvgIpc) is 3.42. The smallest absolute Gasteiger partial charge is 0.141 e. The van der Waals surface area contributed by atoms with E-state index in [0.717, 1.165) is 63.7 Å². The first-order valence-corrected chi connectivity index (χ1v) is 10.6. The molecule has 3 heterocycles. The molecule has 0 amide bonds. The molecule has 1 saturated carbocycles. The number of fused-ring (bicyclic) bond motifs is 2. The lowest BCUT2D eigenvalue weighted by atomic mass is 9.88. The largest absolute Gasteiger partial charge is 0.385 e. The predicted octanol–water partition coefficient (Wildman–Crippen LogP) is 5.50. The van der Waals surface area contributed by atoms with Crippen molar-refractivity contribution in [3.8, 4) is 22.3 Å². The molecule has 5 heteroatoms. The van der Waals surface area contributed by atoms with E-state index in [9.17, 15) is 0 Å². The molecule has 4 aromatic rings. The third-order valence-corrected chi connectivity index (χ3v) is 6.40. The van der Waals surface area contributed by atoms with Crippen molar-refractivity contribution >= 4 is 16.7 Å². The summed E-state index contributed by atoms with van der Waals surface area (Å²) in [4.78, 5) is 8.66. The second-order valence-electron chi connectivity index (χ2n) is 8.50. The van der Waals surface area contributed by atoms with Crippen molar-refractivity contribution in [1.82, 2.24) is 20.4 Å². The first-order valence-electron chi connectivity index (χ1n) is 10.6. The van der Waals surface area contributed by atoms with Crippen molar-refractivity contribution in [2.45, 2.75) is 39.0 Å². The van der Waals surface area contributed by atoms with E-state index < -0.39 is 0 Å². The maximum Gasteiger partial charge on any atom is 0.141 e. The topological polar surface area (TPSA) is 66.7 Å². The molecular weight excluding hydrogens is 372 g/mol. The molecule has 2 N–H and O–H groups in total. The Morgan fingerprint density at radius 3 is 2.70 bits per heavy atom. The van der Waals surface area contributed by atoms with Crippen molar-refractivity contribution < 1.29 is 4.52 Å². The van der Waals surface area contributed by atoms with Crippen molar-refractivity contribution in [3.63, 3.8) is 0 Å². The van der Waals surface area contributed by atoms with Crippen LogP contribution in [0, 0.1) is 13.8 Å². The molecule has 2 aromatic heterocycles. The van der Waals surface area contributed by atoms with E-state index in [-0.39, 0.29) is 0 Å². The molecule has 2 aliphatic rings. The van der Waals surface area contributed by atoms with Crippen molar-refractivity contribution in [2.24, 2.45) is 0 Å². The van der Waals surface area contributed by atoms with Gasteiger partial charge >= 0.3 is 0 Å². The molecule has 0 unspecified atom stereocenters. The van der Waals surface area contributed by atoms with Gasteiger partial charge in [-0.05, 0) is 61.9 Å². The van der Waals surface area contributed by atoms with Gasteiger partial charge < -0.3 is 14.8 Å². The number of aromatic nitrogens is 3. The number of hydrogen-bond acceptors (Lipinski definition) is 4. The minimum absolute atomic E-state index is 0.571. The van der Waals surface area contributed by atoms with Gasteiger partial charge in [-0.1, -0.05) is 29.9 Å². The minimum Gasteiger partial charge on any atom is -0.385 e. The van der Waals surface area contributed by atoms with Crippen molar-refractivity contribution in [3.05, 3.63) is 65.3 Å². The highest BCUT2D eigenvalue weighted by Crippen LogP contribution is 2.43. The molecule has 0 saturated heterocycles. The zero-order valence-corrected chi connectivity index (χ0v) is 17.3. The van der Waals surface area contributed by atoms with Gasteiger partial charge in [-0.25, -0.2) is 4.98 Å². The van der Waals surface area contributed by atoms with Gasteiger partial charge in [0.25, 0.3) is 0 Å². The van der Waals surface area contributed by atoms with E-state index in [2.05, 4.69) is 52.4 Å². The number of H-pyrrole nitrogens is 1. The number of hydrogen-bond donors (Lipinski definition) is 2. The van der Waals surface area contributed by atoms with E-state index in [0.29, 0.717) is 5.92 Å². The van der Waals surface area contributed by atoms with Crippen LogP contribution in [0.5, 0.6) is 0 Å². The fraction of sp³-hybridized carbons (Fsp3) is 0.280. The molecule has 150 valence electrons. The fourth-order valence-corrected chi connectivity index (χ4v) is 4.76. The fourth-order valence-electron chi connectivity index (χ4n) is 4.76. The van der Waals surface area contributed by atoms with Crippen LogP contribution in [0.1, 0.15) is 47.2 Å². The Morgan fingerprint density at radius 1 is 1.10 bits per heavy atom. The SMILES string of the molecule is C=C1NCCc2c1cccc2-c1cc(-c2c(C)noc2C)cc2[nH]c(C3CC3)nc12. The highest BCUT2D eigenvalue weighted by molar-refractivity contribution is 5.98. The van der Waals surface area contributed by atoms with Crippen molar-refractivity contribution in [1.29, 1.82) is 0 Å². The molecule has 0 radical (unpaired) electrons. The van der Waals surface area contributed by atoms with Crippen LogP contribution >= 0.6 is 0 Å². The standard InChI is InChI=1S/C25H24N4O/c1-13-18-5-4-6-19(20(18)9-10-26-13)21-11-17(23-14(2)29-30-15(23)3)12-22-24(21)28-25(27-22)16-7-8-16/h4-6,11-12,16,26H,1,7-10H2,2-3H3,(H,27,28). The minimum atomic E-state index is 0.571. The van der Waals surface area contributed by atoms with Gasteiger partial charge in [0.15, 0.2) is 0 Å². The Morgan fingerprint density at radius 2 is 1.93 bits per heavy atom. The Hall–Kier alpha value is -3.34. The highest BCUT2D eigenvalue weighted by atomic mass is 16.5. The molecule has 5 nitrogen and oxygen atoms in total. The van der Waals surface area contributed by atoms with Gasteiger partial charge in [-0.3, -0.25) is 0 Å². The zero-order chi connectivity index (χ0) is 20.4.